The molecule has 2 N–H and O–H groups in total. The number of carbonyl (C=O) groups is 3. The number of methoxy groups -OCH3 is 1. The third-order valence-electron chi connectivity index (χ3n) is 4.38. The van der Waals surface area contributed by atoms with Crippen LogP contribution in [-0.4, -0.2) is 42.4 Å². The fourth-order valence-electron chi connectivity index (χ4n) is 2.80. The molecule has 0 radical (unpaired) electrons. The summed E-state index contributed by atoms with van der Waals surface area (Å²) in [6.07, 6.45) is 3.28. The zero-order valence-corrected chi connectivity index (χ0v) is 19.0. The van der Waals surface area contributed by atoms with E-state index in [1.165, 1.54) is 7.11 Å². The monoisotopic (exact) mass is 445 g/mol. The van der Waals surface area contributed by atoms with Crippen molar-refractivity contribution < 1.29 is 28.4 Å². The zero-order valence-electron chi connectivity index (χ0n) is 19.0. The number of nitrogens with one attached hydrogen (secondary N) is 2. The lowest BCUT2D eigenvalue weighted by Crippen LogP contribution is -2.27. The molecule has 2 aromatic rings. The van der Waals surface area contributed by atoms with Crippen LogP contribution in [0.3, 0.4) is 0 Å². The van der Waals surface area contributed by atoms with Crippen LogP contribution in [-0.2, 0) is 14.3 Å². The third kappa shape index (κ3) is 8.79. The van der Waals surface area contributed by atoms with E-state index in [1.54, 1.807) is 51.1 Å². The highest BCUT2D eigenvalue weighted by atomic mass is 16.6. The van der Waals surface area contributed by atoms with Gasteiger partial charge in [0.25, 0.3) is 5.91 Å². The summed E-state index contributed by atoms with van der Waals surface area (Å²) in [4.78, 5) is 35.1. The molecule has 1 aromatic carbocycles. The SMILES string of the molecule is COC(=O)CCCCCCNC(=O)c1cc(-c2ccc(NC(=O)OC(C)(C)C)cc2)on1. The first kappa shape index (κ1) is 24.9. The van der Waals surface area contributed by atoms with Gasteiger partial charge >= 0.3 is 12.1 Å². The van der Waals surface area contributed by atoms with Gasteiger partial charge in [0.05, 0.1) is 7.11 Å². The highest BCUT2D eigenvalue weighted by Crippen LogP contribution is 2.23. The average Bonchev–Trinajstić information content (AvgIpc) is 3.22. The van der Waals surface area contributed by atoms with Crippen LogP contribution in [0, 0.1) is 0 Å². The first-order valence-electron chi connectivity index (χ1n) is 10.6. The number of amides is 2. The summed E-state index contributed by atoms with van der Waals surface area (Å²) in [5.41, 5.74) is 0.913. The lowest BCUT2D eigenvalue weighted by Gasteiger charge is -2.19. The Labute approximate surface area is 187 Å². The number of ether oxygens (including phenoxy) is 2. The van der Waals surface area contributed by atoms with Crippen LogP contribution in [0.1, 0.15) is 63.4 Å². The molecule has 32 heavy (non-hydrogen) atoms. The molecule has 2 amide bonds. The van der Waals surface area contributed by atoms with Crippen molar-refractivity contribution in [2.45, 2.75) is 58.5 Å². The van der Waals surface area contributed by atoms with Crippen molar-refractivity contribution in [1.29, 1.82) is 0 Å². The number of aromatic nitrogens is 1. The van der Waals surface area contributed by atoms with Gasteiger partial charge in [0.1, 0.15) is 5.60 Å². The van der Waals surface area contributed by atoms with Crippen LogP contribution in [0.25, 0.3) is 11.3 Å². The van der Waals surface area contributed by atoms with Crippen molar-refractivity contribution in [2.75, 3.05) is 19.0 Å². The van der Waals surface area contributed by atoms with Crippen LogP contribution in [0.15, 0.2) is 34.9 Å². The molecular weight excluding hydrogens is 414 g/mol. The van der Waals surface area contributed by atoms with E-state index in [4.69, 9.17) is 9.26 Å². The molecular formula is C23H31N3O6. The fourth-order valence-corrected chi connectivity index (χ4v) is 2.80. The molecule has 174 valence electrons. The molecule has 0 atom stereocenters. The number of nitrogens with zero attached hydrogens (tertiary/aromatic N) is 1. The lowest BCUT2D eigenvalue weighted by molar-refractivity contribution is -0.140. The van der Waals surface area contributed by atoms with E-state index < -0.39 is 11.7 Å². The van der Waals surface area contributed by atoms with Crippen LogP contribution in [0.2, 0.25) is 0 Å². The number of carbonyl (C=O) groups excluding carboxylic acids is 3. The Morgan fingerprint density at radius 3 is 2.38 bits per heavy atom. The minimum absolute atomic E-state index is 0.196. The molecule has 0 aliphatic heterocycles. The summed E-state index contributed by atoms with van der Waals surface area (Å²) in [6.45, 7) is 5.90. The van der Waals surface area contributed by atoms with Crippen LogP contribution in [0.5, 0.6) is 0 Å². The van der Waals surface area contributed by atoms with E-state index in [9.17, 15) is 14.4 Å². The van der Waals surface area contributed by atoms with Crippen LogP contribution >= 0.6 is 0 Å². The van der Waals surface area contributed by atoms with Gasteiger partial charge in [-0.1, -0.05) is 18.0 Å². The topological polar surface area (TPSA) is 120 Å². The molecule has 9 heteroatoms. The van der Waals surface area contributed by atoms with Crippen molar-refractivity contribution in [3.05, 3.63) is 36.0 Å². The number of rotatable bonds is 10. The summed E-state index contributed by atoms with van der Waals surface area (Å²) in [5.74, 6) is -0.0614. The number of esters is 1. The predicted octanol–water partition coefficient (Wildman–Crippen LogP) is 4.54. The molecule has 0 aliphatic carbocycles. The van der Waals surface area contributed by atoms with Gasteiger partial charge in [0.15, 0.2) is 11.5 Å². The predicted molar refractivity (Wildman–Crippen MR) is 119 cm³/mol. The molecule has 9 nitrogen and oxygen atoms in total. The van der Waals surface area contributed by atoms with Gasteiger partial charge < -0.3 is 19.3 Å². The van der Waals surface area contributed by atoms with Crippen molar-refractivity contribution in [2.24, 2.45) is 0 Å². The molecule has 0 fully saturated rings. The maximum Gasteiger partial charge on any atom is 0.412 e. The Morgan fingerprint density at radius 2 is 1.72 bits per heavy atom. The number of unbranched alkanes of at least 4 members (excludes halogenated alkanes) is 3. The minimum atomic E-state index is -0.578. The average molecular weight is 446 g/mol. The molecule has 0 saturated heterocycles. The second-order valence-corrected chi connectivity index (χ2v) is 8.28. The molecule has 1 aromatic heterocycles. The van der Waals surface area contributed by atoms with Gasteiger partial charge in [-0.25, -0.2) is 4.79 Å². The van der Waals surface area contributed by atoms with Gasteiger partial charge in [0, 0.05) is 30.3 Å². The van der Waals surface area contributed by atoms with E-state index in [0.29, 0.717) is 24.4 Å². The smallest absolute Gasteiger partial charge is 0.412 e. The number of hydrogen-bond acceptors (Lipinski definition) is 7. The van der Waals surface area contributed by atoms with E-state index in [2.05, 4.69) is 20.5 Å². The first-order chi connectivity index (χ1) is 15.2. The first-order valence-corrected chi connectivity index (χ1v) is 10.6. The second-order valence-electron chi connectivity index (χ2n) is 8.28. The Bertz CT molecular complexity index is 899. The highest BCUT2D eigenvalue weighted by molar-refractivity contribution is 5.93. The van der Waals surface area contributed by atoms with Crippen LogP contribution < -0.4 is 10.6 Å². The Kier molecular flexibility index (Phi) is 9.24. The molecule has 0 saturated carbocycles. The van der Waals surface area contributed by atoms with E-state index in [1.807, 2.05) is 0 Å². The van der Waals surface area contributed by atoms with Crippen LogP contribution in [0.4, 0.5) is 10.5 Å². The molecule has 2 rings (SSSR count). The van der Waals surface area contributed by atoms with Gasteiger partial charge in [-0.2, -0.15) is 0 Å². The largest absolute Gasteiger partial charge is 0.469 e. The zero-order chi connectivity index (χ0) is 23.6. The van der Waals surface area contributed by atoms with E-state index in [0.717, 1.165) is 31.2 Å². The van der Waals surface area contributed by atoms with Gasteiger partial charge in [-0.3, -0.25) is 14.9 Å². The molecule has 0 bridgehead atoms. The van der Waals surface area contributed by atoms with Crippen molar-refractivity contribution in [1.82, 2.24) is 10.5 Å². The number of hydrogen-bond donors (Lipinski definition) is 2. The summed E-state index contributed by atoms with van der Waals surface area (Å²) in [5, 5.41) is 9.30. The maximum atomic E-state index is 12.2. The number of anilines is 1. The molecule has 1 heterocycles. The summed E-state index contributed by atoms with van der Waals surface area (Å²) in [7, 11) is 1.38. The normalized spacial score (nSPS) is 11.0. The third-order valence-corrected chi connectivity index (χ3v) is 4.38. The fraction of sp³-hybridized carbons (Fsp3) is 0.478. The lowest BCUT2D eigenvalue weighted by atomic mass is 10.1. The summed E-state index contributed by atoms with van der Waals surface area (Å²) in [6, 6.07) is 8.50. The maximum absolute atomic E-state index is 12.2. The Morgan fingerprint density at radius 1 is 1.03 bits per heavy atom. The van der Waals surface area contributed by atoms with Crippen molar-refractivity contribution in [3.63, 3.8) is 0 Å². The highest BCUT2D eigenvalue weighted by Gasteiger charge is 2.17. The van der Waals surface area contributed by atoms with E-state index in [-0.39, 0.29) is 17.6 Å². The second kappa shape index (κ2) is 11.9. The quantitative estimate of drug-likeness (QED) is 0.407. The summed E-state index contributed by atoms with van der Waals surface area (Å²) < 4.78 is 15.1. The van der Waals surface area contributed by atoms with Gasteiger partial charge in [-0.05, 0) is 57.9 Å². The van der Waals surface area contributed by atoms with Crippen molar-refractivity contribution in [3.8, 4) is 11.3 Å². The molecule has 0 aliphatic rings. The van der Waals surface area contributed by atoms with Gasteiger partial charge in [0.2, 0.25) is 0 Å². The summed E-state index contributed by atoms with van der Waals surface area (Å²) >= 11 is 0. The molecule has 0 spiro atoms. The standard InChI is InChI=1S/C23H31N3O6/c1-23(2,3)31-22(29)25-17-12-10-16(11-13-17)19-15-18(26-32-19)21(28)24-14-8-6-5-7-9-20(27)30-4/h10-13,15H,5-9,14H2,1-4H3,(H,24,28)(H,25,29). The van der Waals surface area contributed by atoms with Gasteiger partial charge in [-0.15, -0.1) is 0 Å². The Balaban J connectivity index is 1.77. The Hall–Kier alpha value is -3.36. The van der Waals surface area contributed by atoms with E-state index >= 15 is 0 Å². The van der Waals surface area contributed by atoms with Crippen molar-refractivity contribution >= 4 is 23.7 Å². The number of benzene rings is 1. The molecule has 0 unspecified atom stereocenters. The minimum Gasteiger partial charge on any atom is -0.469 e.